The monoisotopic (exact) mass is 284 g/mol. The molecule has 0 radical (unpaired) electrons. The van der Waals surface area contributed by atoms with E-state index in [0.29, 0.717) is 11.2 Å². The lowest BCUT2D eigenvalue weighted by Gasteiger charge is -2.50. The van der Waals surface area contributed by atoms with Crippen molar-refractivity contribution in [1.82, 2.24) is 0 Å². The second-order valence-electron chi connectivity index (χ2n) is 9.00. The van der Waals surface area contributed by atoms with Gasteiger partial charge >= 0.3 is 0 Å². The van der Waals surface area contributed by atoms with Crippen molar-refractivity contribution in [3.63, 3.8) is 0 Å². The smallest absolute Gasteiger partial charge is 0.134 e. The summed E-state index contributed by atoms with van der Waals surface area (Å²) in [5.41, 5.74) is 0.411. The molecule has 1 atom stereocenters. The molecule has 0 spiro atoms. The van der Waals surface area contributed by atoms with Crippen LogP contribution < -0.4 is 0 Å². The fourth-order valence-electron chi connectivity index (χ4n) is 3.95. The second-order valence-corrected chi connectivity index (χ2v) is 12.6. The van der Waals surface area contributed by atoms with Crippen LogP contribution in [0.2, 0.25) is 0 Å². The number of ketones is 1. The van der Waals surface area contributed by atoms with Gasteiger partial charge < -0.3 is 0 Å². The first-order valence-electron chi connectivity index (χ1n) is 7.63. The maximum atomic E-state index is 12.0. The summed E-state index contributed by atoms with van der Waals surface area (Å²) >= 11 is 0. The van der Waals surface area contributed by atoms with E-state index in [4.69, 9.17) is 0 Å². The maximum absolute atomic E-state index is 12.0. The summed E-state index contributed by atoms with van der Waals surface area (Å²) in [5, 5.41) is 0.445. The summed E-state index contributed by atoms with van der Waals surface area (Å²) in [6.07, 6.45) is 4.20. The number of carbonyl (C=O) groups is 1. The lowest BCUT2D eigenvalue weighted by molar-refractivity contribution is -0.120. The summed E-state index contributed by atoms with van der Waals surface area (Å²) in [6, 6.07) is 0. The molecule has 0 bridgehead atoms. The van der Waals surface area contributed by atoms with Gasteiger partial charge in [-0.3, -0.25) is 4.79 Å². The van der Waals surface area contributed by atoms with E-state index in [2.05, 4.69) is 55.4 Å². The fourth-order valence-corrected chi connectivity index (χ4v) is 8.07. The Morgan fingerprint density at radius 2 is 1.53 bits per heavy atom. The lowest BCUT2D eigenvalue weighted by Crippen LogP contribution is -2.41. The Hall–Kier alpha value is 0.100. The third kappa shape index (κ3) is 4.85. The number of rotatable bonds is 3. The first-order chi connectivity index (χ1) is 8.33. The highest BCUT2D eigenvalue weighted by Gasteiger charge is 2.46. The molecule has 1 saturated heterocycles. The third-order valence-electron chi connectivity index (χ3n) is 4.18. The van der Waals surface area contributed by atoms with Crippen LogP contribution in [0.15, 0.2) is 0 Å². The molecule has 1 heterocycles. The summed E-state index contributed by atoms with van der Waals surface area (Å²) in [6.45, 7) is 18.7. The molecular formula is C17H33OP. The molecular weight excluding hydrogens is 251 g/mol. The summed E-state index contributed by atoms with van der Waals surface area (Å²) in [4.78, 5) is 12.0. The van der Waals surface area contributed by atoms with Crippen LogP contribution >= 0.6 is 7.92 Å². The lowest BCUT2D eigenvalue weighted by atomic mass is 9.86. The van der Waals surface area contributed by atoms with Crippen molar-refractivity contribution in [2.45, 2.75) is 85.0 Å². The molecule has 0 aromatic heterocycles. The Kier molecular flexibility index (Phi) is 4.94. The van der Waals surface area contributed by atoms with Crippen LogP contribution in [0, 0.1) is 11.3 Å². The Labute approximate surface area is 121 Å². The average molecular weight is 284 g/mol. The van der Waals surface area contributed by atoms with E-state index >= 15 is 0 Å². The Morgan fingerprint density at radius 3 is 1.89 bits per heavy atom. The van der Waals surface area contributed by atoms with E-state index in [0.717, 1.165) is 18.8 Å². The van der Waals surface area contributed by atoms with E-state index in [1.54, 1.807) is 0 Å². The van der Waals surface area contributed by atoms with Crippen molar-refractivity contribution in [3.8, 4) is 0 Å². The zero-order valence-electron chi connectivity index (χ0n) is 14.3. The highest BCUT2D eigenvalue weighted by Crippen LogP contribution is 2.65. The van der Waals surface area contributed by atoms with Crippen molar-refractivity contribution in [2.75, 3.05) is 6.16 Å². The zero-order valence-corrected chi connectivity index (χ0v) is 15.2. The van der Waals surface area contributed by atoms with Gasteiger partial charge in [0.05, 0.1) is 0 Å². The maximum Gasteiger partial charge on any atom is 0.134 e. The molecule has 1 aliphatic rings. The fraction of sp³-hybridized carbons (Fsp3) is 0.941. The van der Waals surface area contributed by atoms with Crippen molar-refractivity contribution < 1.29 is 4.79 Å². The van der Waals surface area contributed by atoms with Crippen LogP contribution in [0.25, 0.3) is 0 Å². The normalized spacial score (nSPS) is 25.4. The van der Waals surface area contributed by atoms with Gasteiger partial charge in [0.1, 0.15) is 5.78 Å². The van der Waals surface area contributed by atoms with E-state index < -0.39 is 0 Å². The number of hydrogen-bond donors (Lipinski definition) is 0. The molecule has 19 heavy (non-hydrogen) atoms. The second kappa shape index (κ2) is 5.47. The first-order valence-corrected chi connectivity index (χ1v) is 9.16. The van der Waals surface area contributed by atoms with Crippen LogP contribution in [0.3, 0.4) is 0 Å². The Bertz CT molecular complexity index is 316. The molecule has 2 heteroatoms. The predicted octanol–water partition coefficient (Wildman–Crippen LogP) is 5.46. The number of carbonyl (C=O) groups excluding carboxylic acids is 1. The molecule has 0 aliphatic carbocycles. The summed E-state index contributed by atoms with van der Waals surface area (Å²) in [7, 11) is -0.0981. The van der Waals surface area contributed by atoms with Crippen LogP contribution in [0.4, 0.5) is 0 Å². The topological polar surface area (TPSA) is 17.1 Å². The Balaban J connectivity index is 2.81. The van der Waals surface area contributed by atoms with Gasteiger partial charge in [-0.05, 0) is 34.2 Å². The van der Waals surface area contributed by atoms with Gasteiger partial charge in [0.15, 0.2) is 0 Å². The molecule has 1 unspecified atom stereocenters. The third-order valence-corrected chi connectivity index (χ3v) is 8.40. The van der Waals surface area contributed by atoms with Crippen molar-refractivity contribution >= 4 is 13.7 Å². The molecule has 1 rings (SSSR count). The van der Waals surface area contributed by atoms with E-state index in [-0.39, 0.29) is 18.2 Å². The number of hydrogen-bond acceptors (Lipinski definition) is 1. The van der Waals surface area contributed by atoms with Gasteiger partial charge in [-0.1, -0.05) is 63.3 Å². The van der Waals surface area contributed by atoms with Crippen molar-refractivity contribution in [1.29, 1.82) is 0 Å². The van der Waals surface area contributed by atoms with Gasteiger partial charge in [0, 0.05) is 12.8 Å². The Morgan fingerprint density at radius 1 is 1.11 bits per heavy atom. The number of Topliss-reactive ketones (excluding diaryl/α,β-unsaturated/α-hetero) is 1. The van der Waals surface area contributed by atoms with Crippen LogP contribution in [0.1, 0.15) is 74.7 Å². The molecule has 0 N–H and O–H groups in total. The molecule has 0 saturated carbocycles. The average Bonchev–Trinajstić information content (AvgIpc) is 2.06. The first kappa shape index (κ1) is 17.2. The molecule has 1 aliphatic heterocycles. The molecule has 112 valence electrons. The summed E-state index contributed by atoms with van der Waals surface area (Å²) < 4.78 is 0. The van der Waals surface area contributed by atoms with Crippen LogP contribution in [-0.2, 0) is 4.79 Å². The highest BCUT2D eigenvalue weighted by molar-refractivity contribution is 7.61. The minimum absolute atomic E-state index is 0.0981. The van der Waals surface area contributed by atoms with Gasteiger partial charge in [-0.25, -0.2) is 0 Å². The molecule has 0 amide bonds. The standard InChI is InChI=1S/C17H33OP/c1-13(9-15(2,3)4)12-19-16(5,6)10-14(18)11-17(19,7)8/h13H,9-12H2,1-8H3. The SMILES string of the molecule is CC(CP1C(C)(C)CC(=O)CC1(C)C)CC(C)(C)C. The quantitative estimate of drug-likeness (QED) is 0.629. The van der Waals surface area contributed by atoms with E-state index in [1.165, 1.54) is 12.6 Å². The van der Waals surface area contributed by atoms with Crippen LogP contribution in [-0.4, -0.2) is 22.3 Å². The van der Waals surface area contributed by atoms with Gasteiger partial charge in [0.25, 0.3) is 0 Å². The molecule has 1 nitrogen and oxygen atoms in total. The molecule has 0 aromatic rings. The molecule has 1 fully saturated rings. The van der Waals surface area contributed by atoms with E-state index in [1.807, 2.05) is 0 Å². The minimum Gasteiger partial charge on any atom is -0.300 e. The van der Waals surface area contributed by atoms with Crippen molar-refractivity contribution in [2.24, 2.45) is 11.3 Å². The van der Waals surface area contributed by atoms with Crippen molar-refractivity contribution in [3.05, 3.63) is 0 Å². The van der Waals surface area contributed by atoms with E-state index in [9.17, 15) is 4.79 Å². The minimum atomic E-state index is -0.0981. The van der Waals surface area contributed by atoms with Gasteiger partial charge in [-0.2, -0.15) is 0 Å². The highest BCUT2D eigenvalue weighted by atomic mass is 31.1. The predicted molar refractivity (Wildman–Crippen MR) is 87.4 cm³/mol. The molecule has 0 aromatic carbocycles. The van der Waals surface area contributed by atoms with Gasteiger partial charge in [0.2, 0.25) is 0 Å². The van der Waals surface area contributed by atoms with Gasteiger partial charge in [-0.15, -0.1) is 0 Å². The van der Waals surface area contributed by atoms with Crippen LogP contribution in [0.5, 0.6) is 0 Å². The largest absolute Gasteiger partial charge is 0.300 e. The summed E-state index contributed by atoms with van der Waals surface area (Å²) in [5.74, 6) is 1.23. The zero-order chi connectivity index (χ0) is 15.1.